The van der Waals surface area contributed by atoms with Gasteiger partial charge in [0.25, 0.3) is 0 Å². The van der Waals surface area contributed by atoms with Crippen molar-refractivity contribution in [3.63, 3.8) is 0 Å². The van der Waals surface area contributed by atoms with Gasteiger partial charge >= 0.3 is 0 Å². The molecule has 2 aliphatic rings. The van der Waals surface area contributed by atoms with Crippen molar-refractivity contribution >= 4 is 5.90 Å². The summed E-state index contributed by atoms with van der Waals surface area (Å²) in [5.74, 6) is 0.788. The third-order valence-corrected chi connectivity index (χ3v) is 4.12. The highest BCUT2D eigenvalue weighted by Crippen LogP contribution is 2.51. The molecule has 3 heteroatoms. The second kappa shape index (κ2) is 4.57. The van der Waals surface area contributed by atoms with Crippen LogP contribution in [-0.4, -0.2) is 29.7 Å². The molecule has 0 radical (unpaired) electrons. The fourth-order valence-corrected chi connectivity index (χ4v) is 3.13. The molecule has 114 valence electrons. The molecule has 2 aliphatic heterocycles. The summed E-state index contributed by atoms with van der Waals surface area (Å²) in [6.45, 7) is 11.5. The van der Waals surface area contributed by atoms with Crippen molar-refractivity contribution in [2.75, 3.05) is 6.61 Å². The minimum Gasteiger partial charge on any atom is -0.476 e. The van der Waals surface area contributed by atoms with Crippen LogP contribution in [-0.2, 0) is 15.9 Å². The van der Waals surface area contributed by atoms with Crippen LogP contribution in [0.5, 0.6) is 0 Å². The number of nitrogens with zero attached hydrogens (tertiary/aromatic N) is 1. The smallest absolute Gasteiger partial charge is 0.220 e. The Balaban J connectivity index is 1.92. The Morgan fingerprint density at radius 3 is 2.33 bits per heavy atom. The number of hydrogen-bond donors (Lipinski definition) is 0. The van der Waals surface area contributed by atoms with Crippen molar-refractivity contribution in [1.82, 2.24) is 0 Å². The minimum atomic E-state index is -0.382. The molecule has 2 heterocycles. The van der Waals surface area contributed by atoms with Gasteiger partial charge in [0.05, 0.1) is 5.54 Å². The molecular formula is C18H25NO2. The molecule has 1 fully saturated rings. The van der Waals surface area contributed by atoms with E-state index in [1.165, 1.54) is 5.56 Å². The molecule has 0 unspecified atom stereocenters. The standard InChI is InChI=1S/C18H25NO2/c1-16(2,3)14-18(21-14,11-13-9-7-6-8-10-13)15-19-17(4,5)12-20-15/h6-10,14H,11-12H2,1-5H3/t14-,18+/m0/s1. The first-order valence-corrected chi connectivity index (χ1v) is 7.68. The van der Waals surface area contributed by atoms with Crippen LogP contribution in [0.4, 0.5) is 0 Å². The van der Waals surface area contributed by atoms with E-state index in [4.69, 9.17) is 14.5 Å². The average molecular weight is 287 g/mol. The van der Waals surface area contributed by atoms with Gasteiger partial charge in [0.1, 0.15) is 12.7 Å². The van der Waals surface area contributed by atoms with Gasteiger partial charge in [0.2, 0.25) is 5.90 Å². The monoisotopic (exact) mass is 287 g/mol. The third-order valence-electron chi connectivity index (χ3n) is 4.12. The quantitative estimate of drug-likeness (QED) is 0.796. The second-order valence-electron chi connectivity index (χ2n) is 7.93. The molecule has 1 aromatic carbocycles. The fraction of sp³-hybridized carbons (Fsp3) is 0.611. The summed E-state index contributed by atoms with van der Waals surface area (Å²) in [5, 5.41) is 0. The normalized spacial score (nSPS) is 30.7. The van der Waals surface area contributed by atoms with Crippen LogP contribution in [0, 0.1) is 5.41 Å². The van der Waals surface area contributed by atoms with Gasteiger partial charge < -0.3 is 9.47 Å². The van der Waals surface area contributed by atoms with Crippen molar-refractivity contribution in [2.45, 2.75) is 58.3 Å². The number of hydrogen-bond acceptors (Lipinski definition) is 3. The predicted octanol–water partition coefficient (Wildman–Crippen LogP) is 3.62. The summed E-state index contributed by atoms with van der Waals surface area (Å²) >= 11 is 0. The highest BCUT2D eigenvalue weighted by Gasteiger charge is 2.66. The Morgan fingerprint density at radius 2 is 1.86 bits per heavy atom. The van der Waals surface area contributed by atoms with Crippen molar-refractivity contribution in [3.8, 4) is 0 Å². The molecule has 0 aliphatic carbocycles. The van der Waals surface area contributed by atoms with Gasteiger partial charge in [-0.25, -0.2) is 4.99 Å². The molecule has 1 aromatic rings. The number of epoxide rings is 1. The molecule has 0 amide bonds. The summed E-state index contributed by atoms with van der Waals surface area (Å²) < 4.78 is 12.1. The Hall–Kier alpha value is -1.35. The first kappa shape index (κ1) is 14.6. The number of rotatable bonds is 3. The Morgan fingerprint density at radius 1 is 1.19 bits per heavy atom. The second-order valence-corrected chi connectivity index (χ2v) is 7.93. The molecule has 21 heavy (non-hydrogen) atoms. The maximum Gasteiger partial charge on any atom is 0.220 e. The van der Waals surface area contributed by atoms with Gasteiger partial charge in [0, 0.05) is 6.42 Å². The Kier molecular flexibility index (Phi) is 3.17. The topological polar surface area (TPSA) is 34.1 Å². The molecule has 0 spiro atoms. The van der Waals surface area contributed by atoms with Crippen LogP contribution in [0.2, 0.25) is 0 Å². The summed E-state index contributed by atoms with van der Waals surface area (Å²) in [5.41, 5.74) is 0.814. The lowest BCUT2D eigenvalue weighted by molar-refractivity contribution is 0.235. The van der Waals surface area contributed by atoms with Gasteiger partial charge in [-0.3, -0.25) is 0 Å². The van der Waals surface area contributed by atoms with Crippen molar-refractivity contribution in [2.24, 2.45) is 10.4 Å². The Labute approximate surface area is 127 Å². The molecule has 3 rings (SSSR count). The summed E-state index contributed by atoms with van der Waals surface area (Å²) in [6.07, 6.45) is 0.975. The maximum atomic E-state index is 6.19. The van der Waals surface area contributed by atoms with Crippen LogP contribution in [0.3, 0.4) is 0 Å². The van der Waals surface area contributed by atoms with Crippen molar-refractivity contribution < 1.29 is 9.47 Å². The van der Waals surface area contributed by atoms with E-state index < -0.39 is 0 Å². The van der Waals surface area contributed by atoms with Gasteiger partial charge in [-0.2, -0.15) is 0 Å². The van der Waals surface area contributed by atoms with E-state index in [9.17, 15) is 0 Å². The van der Waals surface area contributed by atoms with Crippen molar-refractivity contribution in [1.29, 1.82) is 0 Å². The van der Waals surface area contributed by atoms with E-state index in [2.05, 4.69) is 58.9 Å². The van der Waals surface area contributed by atoms with Gasteiger partial charge in [-0.1, -0.05) is 51.1 Å². The number of benzene rings is 1. The summed E-state index contributed by atoms with van der Waals surface area (Å²) in [7, 11) is 0. The zero-order valence-corrected chi connectivity index (χ0v) is 13.6. The SMILES string of the molecule is CC1(C)COC([C@]2(Cc3ccccc3)O[C@H]2C(C)(C)C)=N1. The summed E-state index contributed by atoms with van der Waals surface area (Å²) in [6, 6.07) is 10.5. The molecule has 0 saturated carbocycles. The zero-order chi connectivity index (χ0) is 15.3. The van der Waals surface area contributed by atoms with E-state index in [1.807, 2.05) is 6.07 Å². The molecule has 0 N–H and O–H groups in total. The summed E-state index contributed by atoms with van der Waals surface area (Å²) in [4.78, 5) is 4.78. The highest BCUT2D eigenvalue weighted by molar-refractivity contribution is 5.90. The first-order valence-electron chi connectivity index (χ1n) is 7.68. The van der Waals surface area contributed by atoms with E-state index in [-0.39, 0.29) is 22.7 Å². The fourth-order valence-electron chi connectivity index (χ4n) is 3.13. The minimum absolute atomic E-state index is 0.0768. The third kappa shape index (κ3) is 2.71. The molecular weight excluding hydrogens is 262 g/mol. The molecule has 0 bridgehead atoms. The van der Waals surface area contributed by atoms with Crippen LogP contribution >= 0.6 is 0 Å². The average Bonchev–Trinajstić information content (AvgIpc) is 3.01. The number of ether oxygens (including phenoxy) is 2. The van der Waals surface area contributed by atoms with Gasteiger partial charge in [-0.15, -0.1) is 0 Å². The van der Waals surface area contributed by atoms with Gasteiger partial charge in [0.15, 0.2) is 5.60 Å². The lowest BCUT2D eigenvalue weighted by Gasteiger charge is -2.20. The van der Waals surface area contributed by atoms with E-state index in [0.717, 1.165) is 12.3 Å². The van der Waals surface area contributed by atoms with Crippen LogP contribution in [0.1, 0.15) is 40.2 Å². The molecule has 1 saturated heterocycles. The largest absolute Gasteiger partial charge is 0.476 e. The highest BCUT2D eigenvalue weighted by atomic mass is 16.6. The van der Waals surface area contributed by atoms with Crippen LogP contribution in [0.15, 0.2) is 35.3 Å². The number of aliphatic imine (C=N–C) groups is 1. The van der Waals surface area contributed by atoms with E-state index in [1.54, 1.807) is 0 Å². The van der Waals surface area contributed by atoms with Crippen LogP contribution in [0.25, 0.3) is 0 Å². The molecule has 2 atom stereocenters. The van der Waals surface area contributed by atoms with E-state index in [0.29, 0.717) is 6.61 Å². The maximum absolute atomic E-state index is 6.19. The zero-order valence-electron chi connectivity index (χ0n) is 13.6. The lowest BCUT2D eigenvalue weighted by atomic mass is 9.82. The molecule has 0 aromatic heterocycles. The predicted molar refractivity (Wildman–Crippen MR) is 84.7 cm³/mol. The molecule has 3 nitrogen and oxygen atoms in total. The van der Waals surface area contributed by atoms with Gasteiger partial charge in [-0.05, 0) is 24.8 Å². The van der Waals surface area contributed by atoms with Crippen LogP contribution < -0.4 is 0 Å². The Bertz CT molecular complexity index is 556. The lowest BCUT2D eigenvalue weighted by Crippen LogP contribution is -2.35. The van der Waals surface area contributed by atoms with E-state index >= 15 is 0 Å². The van der Waals surface area contributed by atoms with Crippen molar-refractivity contribution in [3.05, 3.63) is 35.9 Å². The first-order chi connectivity index (χ1) is 9.73.